The lowest BCUT2D eigenvalue weighted by Gasteiger charge is -2.22. The molecule has 0 aliphatic heterocycles. The number of hydrogen-bond acceptors (Lipinski definition) is 4. The number of aromatic nitrogens is 2. The van der Waals surface area contributed by atoms with Crippen molar-refractivity contribution in [3.8, 4) is 0 Å². The molecule has 0 aliphatic rings. The summed E-state index contributed by atoms with van der Waals surface area (Å²) >= 11 is 0. The zero-order chi connectivity index (χ0) is 15.2. The van der Waals surface area contributed by atoms with Crippen molar-refractivity contribution < 1.29 is 4.79 Å². The fourth-order valence-corrected chi connectivity index (χ4v) is 2.37. The second-order valence-corrected chi connectivity index (χ2v) is 5.19. The monoisotopic (exact) mass is 287 g/mol. The number of rotatable bonds is 6. The molecule has 1 atom stereocenters. The Labute approximate surface area is 124 Å². The van der Waals surface area contributed by atoms with Crippen LogP contribution in [0.1, 0.15) is 17.0 Å². The number of likely N-dealkylation sites (N-methyl/N-ethyl adjacent to an activating group) is 1. The van der Waals surface area contributed by atoms with Crippen LogP contribution >= 0.6 is 0 Å². The van der Waals surface area contributed by atoms with Gasteiger partial charge in [0.15, 0.2) is 0 Å². The van der Waals surface area contributed by atoms with Crippen molar-refractivity contribution >= 4 is 5.91 Å². The van der Waals surface area contributed by atoms with E-state index in [0.29, 0.717) is 6.54 Å². The van der Waals surface area contributed by atoms with Gasteiger partial charge in [0.05, 0.1) is 12.1 Å². The average molecular weight is 287 g/mol. The molecule has 0 spiro atoms. The summed E-state index contributed by atoms with van der Waals surface area (Å²) in [6, 6.07) is 9.66. The molecule has 0 bridgehead atoms. The third-order valence-electron chi connectivity index (χ3n) is 3.37. The summed E-state index contributed by atoms with van der Waals surface area (Å²) in [5, 5.41) is 4.15. The van der Waals surface area contributed by atoms with Gasteiger partial charge in [-0.2, -0.15) is 5.10 Å². The Morgan fingerprint density at radius 3 is 2.71 bits per heavy atom. The van der Waals surface area contributed by atoms with E-state index in [9.17, 15) is 4.79 Å². The molecule has 1 unspecified atom stereocenters. The van der Waals surface area contributed by atoms with Crippen LogP contribution < -0.4 is 11.3 Å². The molecular weight excluding hydrogens is 266 g/mol. The van der Waals surface area contributed by atoms with Crippen LogP contribution in [0.2, 0.25) is 0 Å². The number of hydrogen-bond donors (Lipinski definition) is 2. The molecule has 2 aromatic rings. The molecule has 6 heteroatoms. The average Bonchev–Trinajstić information content (AvgIpc) is 2.90. The van der Waals surface area contributed by atoms with Crippen LogP contribution in [0.15, 0.2) is 42.7 Å². The topological polar surface area (TPSA) is 76.2 Å². The lowest BCUT2D eigenvalue weighted by molar-refractivity contribution is -0.123. The first-order valence-electron chi connectivity index (χ1n) is 6.81. The first-order valence-corrected chi connectivity index (χ1v) is 6.81. The van der Waals surface area contributed by atoms with E-state index in [1.165, 1.54) is 0 Å². The van der Waals surface area contributed by atoms with Crippen molar-refractivity contribution in [1.82, 2.24) is 20.1 Å². The summed E-state index contributed by atoms with van der Waals surface area (Å²) in [5.74, 6) is 4.84. The van der Waals surface area contributed by atoms with E-state index in [0.717, 1.165) is 17.7 Å². The molecule has 0 saturated heterocycles. The van der Waals surface area contributed by atoms with Crippen LogP contribution in [0, 0.1) is 0 Å². The minimum Gasteiger partial charge on any atom is -0.301 e. The van der Waals surface area contributed by atoms with Gasteiger partial charge in [0, 0.05) is 31.9 Å². The summed E-state index contributed by atoms with van der Waals surface area (Å²) in [5.41, 5.74) is 4.32. The second kappa shape index (κ2) is 7.01. The normalized spacial score (nSPS) is 12.4. The number of hydrazine groups is 1. The van der Waals surface area contributed by atoms with E-state index >= 15 is 0 Å². The smallest absolute Gasteiger partial charge is 0.242 e. The lowest BCUT2D eigenvalue weighted by Crippen LogP contribution is -2.39. The van der Waals surface area contributed by atoms with Crippen LogP contribution in [0.5, 0.6) is 0 Å². The molecular formula is C15H21N5O. The summed E-state index contributed by atoms with van der Waals surface area (Å²) in [7, 11) is 3.87. The first kappa shape index (κ1) is 15.2. The molecule has 6 nitrogen and oxygen atoms in total. The number of benzene rings is 1. The van der Waals surface area contributed by atoms with Gasteiger partial charge in [0.25, 0.3) is 0 Å². The fourth-order valence-electron chi connectivity index (χ4n) is 2.37. The Kier molecular flexibility index (Phi) is 5.08. The molecule has 0 fully saturated rings. The zero-order valence-electron chi connectivity index (χ0n) is 12.4. The van der Waals surface area contributed by atoms with Gasteiger partial charge < -0.3 is 4.90 Å². The fraction of sp³-hybridized carbons (Fsp3) is 0.333. The van der Waals surface area contributed by atoms with Gasteiger partial charge in [0.1, 0.15) is 0 Å². The van der Waals surface area contributed by atoms with Crippen molar-refractivity contribution in [2.45, 2.75) is 12.5 Å². The molecule has 1 aromatic heterocycles. The quantitative estimate of drug-likeness (QED) is 0.464. The number of nitrogens with one attached hydrogen (secondary N) is 1. The van der Waals surface area contributed by atoms with Crippen molar-refractivity contribution in [1.29, 1.82) is 0 Å². The van der Waals surface area contributed by atoms with E-state index in [1.54, 1.807) is 4.68 Å². The number of carbonyl (C=O) groups excluding carboxylic acids is 1. The van der Waals surface area contributed by atoms with E-state index in [-0.39, 0.29) is 11.8 Å². The predicted molar refractivity (Wildman–Crippen MR) is 81.1 cm³/mol. The van der Waals surface area contributed by atoms with Crippen LogP contribution in [-0.2, 0) is 18.4 Å². The Bertz CT molecular complexity index is 581. The summed E-state index contributed by atoms with van der Waals surface area (Å²) in [6.07, 6.45) is 3.80. The molecule has 112 valence electrons. The molecule has 1 amide bonds. The number of aryl methyl sites for hydroxylation is 1. The highest BCUT2D eigenvalue weighted by Gasteiger charge is 2.21. The van der Waals surface area contributed by atoms with Gasteiger partial charge in [0.2, 0.25) is 5.91 Å². The van der Waals surface area contributed by atoms with Crippen LogP contribution in [0.4, 0.5) is 0 Å². The molecule has 0 radical (unpaired) electrons. The van der Waals surface area contributed by atoms with E-state index < -0.39 is 0 Å². The van der Waals surface area contributed by atoms with Gasteiger partial charge in [-0.15, -0.1) is 0 Å². The Hall–Kier alpha value is -2.18. The third kappa shape index (κ3) is 4.14. The first-order chi connectivity index (χ1) is 10.1. The van der Waals surface area contributed by atoms with E-state index in [1.807, 2.05) is 56.8 Å². The van der Waals surface area contributed by atoms with Crippen molar-refractivity contribution in [3.05, 3.63) is 53.9 Å². The maximum Gasteiger partial charge on any atom is 0.242 e. The highest BCUT2D eigenvalue weighted by molar-refractivity contribution is 5.83. The van der Waals surface area contributed by atoms with Gasteiger partial charge >= 0.3 is 0 Å². The van der Waals surface area contributed by atoms with Gasteiger partial charge in [-0.25, -0.2) is 5.84 Å². The number of amides is 1. The molecule has 0 aliphatic carbocycles. The summed E-state index contributed by atoms with van der Waals surface area (Å²) in [4.78, 5) is 14.1. The standard InChI is InChI=1S/C15H21N5O/c1-19(9-12-8-17-20(2)10-12)11-14(15(21)18-16)13-6-4-3-5-7-13/h3-8,10,14H,9,11,16H2,1-2H3,(H,18,21). The SMILES string of the molecule is CN(Cc1cnn(C)c1)CC(C(=O)NN)c1ccccc1. The molecule has 1 aromatic carbocycles. The highest BCUT2D eigenvalue weighted by atomic mass is 16.2. The molecule has 21 heavy (non-hydrogen) atoms. The number of carbonyl (C=O) groups is 1. The van der Waals surface area contributed by atoms with Crippen molar-refractivity contribution in [2.24, 2.45) is 12.9 Å². The number of nitrogens with zero attached hydrogens (tertiary/aromatic N) is 3. The molecule has 1 heterocycles. The maximum atomic E-state index is 12.0. The van der Waals surface area contributed by atoms with Crippen LogP contribution in [-0.4, -0.2) is 34.2 Å². The summed E-state index contributed by atoms with van der Waals surface area (Å²) in [6.45, 7) is 1.32. The maximum absolute atomic E-state index is 12.0. The second-order valence-electron chi connectivity index (χ2n) is 5.19. The van der Waals surface area contributed by atoms with Gasteiger partial charge in [-0.3, -0.25) is 14.9 Å². The van der Waals surface area contributed by atoms with Crippen LogP contribution in [0.25, 0.3) is 0 Å². The van der Waals surface area contributed by atoms with E-state index in [4.69, 9.17) is 5.84 Å². The minimum atomic E-state index is -0.294. The minimum absolute atomic E-state index is 0.181. The van der Waals surface area contributed by atoms with Crippen molar-refractivity contribution in [2.75, 3.05) is 13.6 Å². The van der Waals surface area contributed by atoms with Crippen LogP contribution in [0.3, 0.4) is 0 Å². The predicted octanol–water partition coefficient (Wildman–Crippen LogP) is 0.626. The zero-order valence-corrected chi connectivity index (χ0v) is 12.4. The van der Waals surface area contributed by atoms with Gasteiger partial charge in [-0.1, -0.05) is 30.3 Å². The lowest BCUT2D eigenvalue weighted by atomic mass is 9.98. The Balaban J connectivity index is 2.06. The molecule has 3 N–H and O–H groups in total. The number of nitrogens with two attached hydrogens (primary N) is 1. The summed E-state index contributed by atoms with van der Waals surface area (Å²) < 4.78 is 1.77. The molecule has 2 rings (SSSR count). The Morgan fingerprint density at radius 1 is 1.43 bits per heavy atom. The van der Waals surface area contributed by atoms with Gasteiger partial charge in [-0.05, 0) is 12.6 Å². The van der Waals surface area contributed by atoms with E-state index in [2.05, 4.69) is 15.4 Å². The van der Waals surface area contributed by atoms with Crippen molar-refractivity contribution in [3.63, 3.8) is 0 Å². The Morgan fingerprint density at radius 2 is 2.14 bits per heavy atom. The largest absolute Gasteiger partial charge is 0.301 e. The molecule has 0 saturated carbocycles. The highest BCUT2D eigenvalue weighted by Crippen LogP contribution is 2.17. The third-order valence-corrected chi connectivity index (χ3v) is 3.37.